The number of para-hydroxylation sites is 1. The number of hydrogen-bond donors (Lipinski definition) is 2. The van der Waals surface area contributed by atoms with Gasteiger partial charge in [0.15, 0.2) is 0 Å². The number of carbonyl (C=O) groups is 2. The maximum absolute atomic E-state index is 12.4. The molecule has 1 saturated heterocycles. The third kappa shape index (κ3) is 4.73. The topological polar surface area (TPSA) is 74.3 Å². The van der Waals surface area contributed by atoms with E-state index in [0.29, 0.717) is 41.8 Å². The molecule has 3 rings (SSSR count). The summed E-state index contributed by atoms with van der Waals surface area (Å²) in [5.74, 6) is 0.392. The number of nitrogens with zero attached hydrogens (tertiary/aromatic N) is 2. The summed E-state index contributed by atoms with van der Waals surface area (Å²) < 4.78 is 0. The summed E-state index contributed by atoms with van der Waals surface area (Å²) in [5, 5.41) is 6.13. The predicted octanol–water partition coefficient (Wildman–Crippen LogP) is 3.41. The Balaban J connectivity index is 1.42. The lowest BCUT2D eigenvalue weighted by molar-refractivity contribution is 0.0690. The van der Waals surface area contributed by atoms with Crippen LogP contribution in [0.5, 0.6) is 0 Å². The van der Waals surface area contributed by atoms with E-state index in [2.05, 4.69) is 15.6 Å². The van der Waals surface area contributed by atoms with Gasteiger partial charge in [-0.1, -0.05) is 23.7 Å². The zero-order valence-corrected chi connectivity index (χ0v) is 15.1. The lowest BCUT2D eigenvalue weighted by Gasteiger charge is -2.32. The number of amides is 3. The molecule has 0 radical (unpaired) electrons. The van der Waals surface area contributed by atoms with Crippen LogP contribution >= 0.6 is 11.6 Å². The van der Waals surface area contributed by atoms with Gasteiger partial charge < -0.3 is 15.5 Å². The normalized spacial score (nSPS) is 14.7. The van der Waals surface area contributed by atoms with Crippen LogP contribution in [-0.2, 0) is 0 Å². The van der Waals surface area contributed by atoms with Crippen molar-refractivity contribution < 1.29 is 9.59 Å². The van der Waals surface area contributed by atoms with Crippen LogP contribution in [-0.4, -0.2) is 41.5 Å². The Labute approximate surface area is 157 Å². The number of hydrogen-bond acceptors (Lipinski definition) is 3. The number of anilines is 1. The number of halogens is 1. The molecule has 0 atom stereocenters. The third-order valence-electron chi connectivity index (χ3n) is 4.50. The van der Waals surface area contributed by atoms with E-state index in [1.54, 1.807) is 36.7 Å². The second-order valence-electron chi connectivity index (χ2n) is 6.29. The smallest absolute Gasteiger partial charge is 0.319 e. The van der Waals surface area contributed by atoms with Gasteiger partial charge in [-0.2, -0.15) is 0 Å². The molecular formula is C19H21ClN4O2. The van der Waals surface area contributed by atoms with Crippen LogP contribution in [0.25, 0.3) is 0 Å². The fourth-order valence-electron chi connectivity index (χ4n) is 2.98. The first kappa shape index (κ1) is 18.2. The average molecular weight is 373 g/mol. The van der Waals surface area contributed by atoms with E-state index in [1.807, 2.05) is 17.0 Å². The highest BCUT2D eigenvalue weighted by atomic mass is 35.5. The molecule has 0 spiro atoms. The minimum absolute atomic E-state index is 0.0373. The molecule has 136 valence electrons. The van der Waals surface area contributed by atoms with Crippen molar-refractivity contribution in [2.45, 2.75) is 12.8 Å². The zero-order valence-electron chi connectivity index (χ0n) is 14.3. The Morgan fingerprint density at radius 3 is 2.50 bits per heavy atom. The Hall–Kier alpha value is -2.60. The molecule has 0 saturated carbocycles. The molecule has 1 aromatic carbocycles. The van der Waals surface area contributed by atoms with Crippen molar-refractivity contribution >= 4 is 29.2 Å². The SMILES string of the molecule is O=C(NCC1CCN(C(=O)c2ccncc2)CC1)Nc1ccccc1Cl. The van der Waals surface area contributed by atoms with Crippen molar-refractivity contribution in [3.63, 3.8) is 0 Å². The van der Waals surface area contributed by atoms with Crippen molar-refractivity contribution in [1.82, 2.24) is 15.2 Å². The maximum atomic E-state index is 12.4. The van der Waals surface area contributed by atoms with Crippen LogP contribution in [0.15, 0.2) is 48.8 Å². The lowest BCUT2D eigenvalue weighted by atomic mass is 9.96. The molecule has 0 unspecified atom stereocenters. The summed E-state index contributed by atoms with van der Waals surface area (Å²) in [5.41, 5.74) is 1.25. The Morgan fingerprint density at radius 2 is 1.81 bits per heavy atom. The highest BCUT2D eigenvalue weighted by Gasteiger charge is 2.23. The van der Waals surface area contributed by atoms with E-state index in [9.17, 15) is 9.59 Å². The second kappa shape index (κ2) is 8.67. The van der Waals surface area contributed by atoms with Crippen LogP contribution in [0.1, 0.15) is 23.2 Å². The number of urea groups is 1. The fourth-order valence-corrected chi connectivity index (χ4v) is 3.17. The van der Waals surface area contributed by atoms with Crippen LogP contribution in [0, 0.1) is 5.92 Å². The van der Waals surface area contributed by atoms with E-state index in [0.717, 1.165) is 12.8 Å². The molecule has 2 N–H and O–H groups in total. The van der Waals surface area contributed by atoms with Crippen LogP contribution in [0.2, 0.25) is 5.02 Å². The van der Waals surface area contributed by atoms with Gasteiger partial charge in [0.05, 0.1) is 10.7 Å². The third-order valence-corrected chi connectivity index (χ3v) is 4.83. The molecule has 7 heteroatoms. The molecule has 3 amide bonds. The van der Waals surface area contributed by atoms with Gasteiger partial charge in [-0.05, 0) is 43.0 Å². The highest BCUT2D eigenvalue weighted by molar-refractivity contribution is 6.33. The lowest BCUT2D eigenvalue weighted by Crippen LogP contribution is -2.42. The molecular weight excluding hydrogens is 352 g/mol. The van der Waals surface area contributed by atoms with Gasteiger partial charge in [0.1, 0.15) is 0 Å². The molecule has 2 heterocycles. The number of carbonyl (C=O) groups excluding carboxylic acids is 2. The highest BCUT2D eigenvalue weighted by Crippen LogP contribution is 2.21. The van der Waals surface area contributed by atoms with Gasteiger partial charge >= 0.3 is 6.03 Å². The van der Waals surface area contributed by atoms with Crippen molar-refractivity contribution in [3.8, 4) is 0 Å². The van der Waals surface area contributed by atoms with Gasteiger partial charge in [0.2, 0.25) is 0 Å². The van der Waals surface area contributed by atoms with Gasteiger partial charge in [-0.15, -0.1) is 0 Å². The van der Waals surface area contributed by atoms with Gasteiger partial charge in [-0.25, -0.2) is 4.79 Å². The minimum atomic E-state index is -0.270. The summed E-state index contributed by atoms with van der Waals surface area (Å²) in [4.78, 5) is 30.2. The Kier molecular flexibility index (Phi) is 6.07. The summed E-state index contributed by atoms with van der Waals surface area (Å²) in [7, 11) is 0. The molecule has 1 fully saturated rings. The monoisotopic (exact) mass is 372 g/mol. The number of nitrogens with one attached hydrogen (secondary N) is 2. The fraction of sp³-hybridized carbons (Fsp3) is 0.316. The molecule has 0 bridgehead atoms. The first-order valence-corrected chi connectivity index (χ1v) is 9.00. The van der Waals surface area contributed by atoms with Crippen LogP contribution in [0.3, 0.4) is 0 Å². The molecule has 0 aliphatic carbocycles. The Bertz CT molecular complexity index is 761. The summed E-state index contributed by atoms with van der Waals surface area (Å²) in [6.07, 6.45) is 4.98. The maximum Gasteiger partial charge on any atom is 0.319 e. The average Bonchev–Trinajstić information content (AvgIpc) is 2.69. The first-order valence-electron chi connectivity index (χ1n) is 8.62. The number of piperidine rings is 1. The van der Waals surface area contributed by atoms with E-state index in [1.165, 1.54) is 0 Å². The summed E-state index contributed by atoms with van der Waals surface area (Å²) in [6, 6.07) is 10.3. The molecule has 2 aromatic rings. The second-order valence-corrected chi connectivity index (χ2v) is 6.69. The number of pyridine rings is 1. The molecule has 6 nitrogen and oxygen atoms in total. The van der Waals surface area contributed by atoms with E-state index in [4.69, 9.17) is 11.6 Å². The van der Waals surface area contributed by atoms with Crippen molar-refractivity contribution in [2.24, 2.45) is 5.92 Å². The number of likely N-dealkylation sites (tertiary alicyclic amines) is 1. The van der Waals surface area contributed by atoms with Crippen molar-refractivity contribution in [2.75, 3.05) is 25.0 Å². The largest absolute Gasteiger partial charge is 0.339 e. The van der Waals surface area contributed by atoms with Gasteiger partial charge in [-0.3, -0.25) is 9.78 Å². The first-order chi connectivity index (χ1) is 12.6. The number of benzene rings is 1. The van der Waals surface area contributed by atoms with Crippen LogP contribution in [0.4, 0.5) is 10.5 Å². The van der Waals surface area contributed by atoms with Gasteiger partial charge in [0.25, 0.3) is 5.91 Å². The van der Waals surface area contributed by atoms with E-state index < -0.39 is 0 Å². The summed E-state index contributed by atoms with van der Waals surface area (Å²) in [6.45, 7) is 1.97. The van der Waals surface area contributed by atoms with Crippen LogP contribution < -0.4 is 10.6 Å². The molecule has 1 aliphatic rings. The molecule has 26 heavy (non-hydrogen) atoms. The van der Waals surface area contributed by atoms with E-state index >= 15 is 0 Å². The van der Waals surface area contributed by atoms with Crippen molar-refractivity contribution in [1.29, 1.82) is 0 Å². The minimum Gasteiger partial charge on any atom is -0.339 e. The number of rotatable bonds is 4. The van der Waals surface area contributed by atoms with Gasteiger partial charge in [0, 0.05) is 37.6 Å². The Morgan fingerprint density at radius 1 is 1.12 bits per heavy atom. The predicted molar refractivity (Wildman–Crippen MR) is 101 cm³/mol. The zero-order chi connectivity index (χ0) is 18.4. The van der Waals surface area contributed by atoms with Crippen molar-refractivity contribution in [3.05, 3.63) is 59.4 Å². The van der Waals surface area contributed by atoms with E-state index in [-0.39, 0.29) is 11.9 Å². The summed E-state index contributed by atoms with van der Waals surface area (Å²) >= 11 is 6.03. The molecule has 1 aliphatic heterocycles. The number of aromatic nitrogens is 1. The standard InChI is InChI=1S/C19H21ClN4O2/c20-16-3-1-2-4-17(16)23-19(26)22-13-14-7-11-24(12-8-14)18(25)15-5-9-21-10-6-15/h1-6,9-10,14H,7-8,11-13H2,(H2,22,23,26). The quantitative estimate of drug-likeness (QED) is 0.863. The molecule has 1 aromatic heterocycles.